The van der Waals surface area contributed by atoms with Gasteiger partial charge < -0.3 is 14.8 Å². The number of hydrogen-bond donors (Lipinski definition) is 1. The Morgan fingerprint density at radius 2 is 1.80 bits per heavy atom. The maximum absolute atomic E-state index is 12.2. The van der Waals surface area contributed by atoms with Crippen molar-refractivity contribution in [2.45, 2.75) is 33.4 Å². The molecule has 1 heterocycles. The highest BCUT2D eigenvalue weighted by Crippen LogP contribution is 2.11. The monoisotopic (exact) mass is 348 g/mol. The Balaban J connectivity index is 1.83. The SMILES string of the molecule is CC(C)CNC(=O)[C@H](C)OC(=O)c1ccc(CN2CCOCC2)cc1. The number of benzene rings is 1. The van der Waals surface area contributed by atoms with E-state index in [4.69, 9.17) is 9.47 Å². The third-order valence-electron chi connectivity index (χ3n) is 4.04. The second kappa shape index (κ2) is 9.53. The predicted octanol–water partition coefficient (Wildman–Crippen LogP) is 1.84. The van der Waals surface area contributed by atoms with Crippen LogP contribution < -0.4 is 5.32 Å². The van der Waals surface area contributed by atoms with Crippen LogP contribution in [-0.2, 0) is 20.8 Å². The van der Waals surface area contributed by atoms with Crippen molar-refractivity contribution in [2.75, 3.05) is 32.8 Å². The molecular formula is C19H28N2O4. The maximum Gasteiger partial charge on any atom is 0.338 e. The van der Waals surface area contributed by atoms with Crippen LogP contribution in [0.1, 0.15) is 36.7 Å². The lowest BCUT2D eigenvalue weighted by molar-refractivity contribution is -0.129. The zero-order chi connectivity index (χ0) is 18.2. The van der Waals surface area contributed by atoms with E-state index >= 15 is 0 Å². The molecule has 0 unspecified atom stereocenters. The van der Waals surface area contributed by atoms with Gasteiger partial charge in [-0.25, -0.2) is 4.79 Å². The Hall–Kier alpha value is -1.92. The zero-order valence-corrected chi connectivity index (χ0v) is 15.3. The van der Waals surface area contributed by atoms with Crippen LogP contribution >= 0.6 is 0 Å². The summed E-state index contributed by atoms with van der Waals surface area (Å²) in [6.07, 6.45) is -0.806. The van der Waals surface area contributed by atoms with E-state index < -0.39 is 12.1 Å². The van der Waals surface area contributed by atoms with Crippen molar-refractivity contribution in [1.29, 1.82) is 0 Å². The number of nitrogens with zero attached hydrogens (tertiary/aromatic N) is 1. The molecule has 1 aromatic rings. The topological polar surface area (TPSA) is 67.9 Å². The summed E-state index contributed by atoms with van der Waals surface area (Å²) in [5.41, 5.74) is 1.59. The van der Waals surface area contributed by atoms with E-state index in [1.807, 2.05) is 26.0 Å². The Kier molecular flexibility index (Phi) is 7.40. The predicted molar refractivity (Wildman–Crippen MR) is 95.3 cm³/mol. The van der Waals surface area contributed by atoms with Crippen molar-refractivity contribution in [1.82, 2.24) is 10.2 Å². The van der Waals surface area contributed by atoms with Gasteiger partial charge in [0.1, 0.15) is 0 Å². The minimum Gasteiger partial charge on any atom is -0.449 e. The third-order valence-corrected chi connectivity index (χ3v) is 4.04. The minimum atomic E-state index is -0.806. The Morgan fingerprint density at radius 3 is 2.40 bits per heavy atom. The van der Waals surface area contributed by atoms with Crippen LogP contribution in [0.3, 0.4) is 0 Å². The highest BCUT2D eigenvalue weighted by atomic mass is 16.5. The van der Waals surface area contributed by atoms with E-state index in [0.717, 1.165) is 38.4 Å². The van der Waals surface area contributed by atoms with Gasteiger partial charge in [-0.15, -0.1) is 0 Å². The minimum absolute atomic E-state index is 0.272. The van der Waals surface area contributed by atoms with Gasteiger partial charge in [0.05, 0.1) is 18.8 Å². The van der Waals surface area contributed by atoms with Crippen LogP contribution in [0.4, 0.5) is 0 Å². The molecule has 1 aromatic carbocycles. The van der Waals surface area contributed by atoms with Gasteiger partial charge in [-0.1, -0.05) is 26.0 Å². The number of ether oxygens (including phenoxy) is 2. The van der Waals surface area contributed by atoms with Gasteiger partial charge in [-0.05, 0) is 30.5 Å². The summed E-state index contributed by atoms with van der Waals surface area (Å²) in [5, 5.41) is 2.76. The molecule has 0 aliphatic carbocycles. The van der Waals surface area contributed by atoms with Crippen LogP contribution in [0.25, 0.3) is 0 Å². The Morgan fingerprint density at radius 1 is 1.16 bits per heavy atom. The first-order chi connectivity index (χ1) is 12.0. The van der Waals surface area contributed by atoms with Crippen molar-refractivity contribution in [3.63, 3.8) is 0 Å². The largest absolute Gasteiger partial charge is 0.449 e. The van der Waals surface area contributed by atoms with Gasteiger partial charge >= 0.3 is 5.97 Å². The summed E-state index contributed by atoms with van der Waals surface area (Å²) in [7, 11) is 0. The van der Waals surface area contributed by atoms with E-state index in [9.17, 15) is 9.59 Å². The number of rotatable bonds is 7. The quantitative estimate of drug-likeness (QED) is 0.762. The summed E-state index contributed by atoms with van der Waals surface area (Å²) in [5.74, 6) is -0.401. The van der Waals surface area contributed by atoms with Crippen LogP contribution in [0.15, 0.2) is 24.3 Å². The van der Waals surface area contributed by atoms with Crippen LogP contribution in [0.5, 0.6) is 0 Å². The number of carbonyl (C=O) groups excluding carboxylic acids is 2. The fourth-order valence-corrected chi connectivity index (χ4v) is 2.49. The third kappa shape index (κ3) is 6.48. The molecule has 25 heavy (non-hydrogen) atoms. The van der Waals surface area contributed by atoms with E-state index in [1.165, 1.54) is 0 Å². The number of morpholine rings is 1. The van der Waals surface area contributed by atoms with Gasteiger partial charge in [-0.2, -0.15) is 0 Å². The van der Waals surface area contributed by atoms with Gasteiger partial charge in [0.25, 0.3) is 5.91 Å². The average Bonchev–Trinajstić information content (AvgIpc) is 2.61. The van der Waals surface area contributed by atoms with Gasteiger partial charge in [0.15, 0.2) is 6.10 Å². The molecule has 0 saturated carbocycles. The van der Waals surface area contributed by atoms with E-state index in [0.29, 0.717) is 18.0 Å². The maximum atomic E-state index is 12.2. The summed E-state index contributed by atoms with van der Waals surface area (Å²) in [6.45, 7) is 10.4. The van der Waals surface area contributed by atoms with E-state index in [2.05, 4.69) is 10.2 Å². The van der Waals surface area contributed by atoms with Gasteiger partial charge in [0.2, 0.25) is 0 Å². The fourth-order valence-electron chi connectivity index (χ4n) is 2.49. The fraction of sp³-hybridized carbons (Fsp3) is 0.579. The first-order valence-electron chi connectivity index (χ1n) is 8.83. The van der Waals surface area contributed by atoms with Crippen molar-refractivity contribution in [3.8, 4) is 0 Å². The summed E-state index contributed by atoms with van der Waals surface area (Å²) >= 11 is 0. The lowest BCUT2D eigenvalue weighted by atomic mass is 10.1. The first-order valence-corrected chi connectivity index (χ1v) is 8.83. The molecule has 1 fully saturated rings. The number of amides is 1. The van der Waals surface area contributed by atoms with Crippen molar-refractivity contribution >= 4 is 11.9 Å². The molecule has 6 nitrogen and oxygen atoms in total. The molecule has 2 rings (SSSR count). The molecule has 0 aromatic heterocycles. The highest BCUT2D eigenvalue weighted by Gasteiger charge is 2.19. The van der Waals surface area contributed by atoms with Gasteiger partial charge in [-0.3, -0.25) is 9.69 Å². The summed E-state index contributed by atoms with van der Waals surface area (Å²) < 4.78 is 10.6. The molecule has 0 bridgehead atoms. The molecule has 0 spiro atoms. The van der Waals surface area contributed by atoms with Crippen molar-refractivity contribution in [3.05, 3.63) is 35.4 Å². The molecule has 0 radical (unpaired) electrons. The lowest BCUT2D eigenvalue weighted by Crippen LogP contribution is -2.37. The van der Waals surface area contributed by atoms with Crippen molar-refractivity contribution in [2.24, 2.45) is 5.92 Å². The number of nitrogens with one attached hydrogen (secondary N) is 1. The molecule has 6 heteroatoms. The smallest absolute Gasteiger partial charge is 0.338 e. The van der Waals surface area contributed by atoms with Crippen LogP contribution in [0.2, 0.25) is 0 Å². The number of carbonyl (C=O) groups is 2. The molecule has 1 aliphatic rings. The molecule has 1 aliphatic heterocycles. The lowest BCUT2D eigenvalue weighted by Gasteiger charge is -2.26. The molecular weight excluding hydrogens is 320 g/mol. The van der Waals surface area contributed by atoms with Gasteiger partial charge in [0, 0.05) is 26.2 Å². The molecule has 1 N–H and O–H groups in total. The normalized spacial score (nSPS) is 16.5. The average molecular weight is 348 g/mol. The summed E-state index contributed by atoms with van der Waals surface area (Å²) in [6, 6.07) is 7.35. The van der Waals surface area contributed by atoms with Crippen molar-refractivity contribution < 1.29 is 19.1 Å². The molecule has 138 valence electrons. The second-order valence-electron chi connectivity index (χ2n) is 6.77. The second-order valence-corrected chi connectivity index (χ2v) is 6.77. The Labute approximate surface area is 149 Å². The molecule has 1 atom stereocenters. The number of esters is 1. The van der Waals surface area contributed by atoms with E-state index in [1.54, 1.807) is 19.1 Å². The van der Waals surface area contributed by atoms with Crippen LogP contribution in [-0.4, -0.2) is 55.7 Å². The highest BCUT2D eigenvalue weighted by molar-refractivity contribution is 5.92. The Bertz CT molecular complexity index is 565. The molecule has 1 amide bonds. The van der Waals surface area contributed by atoms with Crippen LogP contribution in [0, 0.1) is 5.92 Å². The standard InChI is InChI=1S/C19H28N2O4/c1-14(2)12-20-18(22)15(3)25-19(23)17-6-4-16(5-7-17)13-21-8-10-24-11-9-21/h4-7,14-15H,8-13H2,1-3H3,(H,20,22)/t15-/m0/s1. The zero-order valence-electron chi connectivity index (χ0n) is 15.3. The molecule has 1 saturated heterocycles. The first kappa shape index (κ1) is 19.4. The summed E-state index contributed by atoms with van der Waals surface area (Å²) in [4.78, 5) is 26.4. The number of hydrogen-bond acceptors (Lipinski definition) is 5. The van der Waals surface area contributed by atoms with E-state index in [-0.39, 0.29) is 5.91 Å².